The molecule has 0 amide bonds. The topological polar surface area (TPSA) is 57.5 Å². The molecule has 0 heterocycles. The van der Waals surface area contributed by atoms with E-state index in [-0.39, 0.29) is 77.6 Å². The van der Waals surface area contributed by atoms with Crippen molar-refractivity contribution in [1.82, 2.24) is 0 Å². The summed E-state index contributed by atoms with van der Waals surface area (Å²) in [5.74, 6) is 0. The van der Waals surface area contributed by atoms with Crippen molar-refractivity contribution >= 4 is 57.5 Å². The van der Waals surface area contributed by atoms with Gasteiger partial charge >= 0.3 is 6.16 Å². The maximum atomic E-state index is 8.56. The van der Waals surface area contributed by atoms with Gasteiger partial charge in [0.1, 0.15) is 0 Å². The van der Waals surface area contributed by atoms with E-state index in [1.165, 1.54) is 0 Å². The molecule has 0 spiro atoms. The van der Waals surface area contributed by atoms with Crippen LogP contribution in [0.3, 0.4) is 0 Å². The zero-order chi connectivity index (χ0) is 3.58. The summed E-state index contributed by atoms with van der Waals surface area (Å²) in [7, 11) is 0. The van der Waals surface area contributed by atoms with Crippen LogP contribution in [0, 0.1) is 0 Å². The molecule has 0 aliphatic rings. The van der Waals surface area contributed by atoms with Crippen LogP contribution in [0.25, 0.3) is 0 Å². The molecule has 0 aromatic carbocycles. The van der Waals surface area contributed by atoms with E-state index in [4.69, 9.17) is 15.0 Å². The van der Waals surface area contributed by atoms with Crippen LogP contribution in [0.15, 0.2) is 0 Å². The summed E-state index contributed by atoms with van der Waals surface area (Å²) in [6, 6.07) is 0. The average molecular weight is 192 g/mol. The van der Waals surface area contributed by atoms with Gasteiger partial charge in [-0.2, -0.15) is 0 Å². The van der Waals surface area contributed by atoms with E-state index >= 15 is 0 Å². The zero-order valence-corrected chi connectivity index (χ0v) is 8.88. The normalized spacial score (nSPS) is 4.00. The monoisotopic (exact) mass is 191 g/mol. The Kier molecular flexibility index (Phi) is 25.9. The van der Waals surface area contributed by atoms with Crippen molar-refractivity contribution in [3.05, 3.63) is 0 Å². The van der Waals surface area contributed by atoms with Crippen LogP contribution in [0.5, 0.6) is 0 Å². The molecule has 29 valence electrons. The zero-order valence-electron chi connectivity index (χ0n) is 3.30. The Balaban J connectivity index is -0.0000000450. The minimum atomic E-state index is -1.83. The van der Waals surface area contributed by atoms with Gasteiger partial charge in [-0.25, -0.2) is 4.79 Å². The van der Waals surface area contributed by atoms with Gasteiger partial charge in [-0.15, -0.1) is 0 Å². The molecule has 0 saturated heterocycles. The van der Waals surface area contributed by atoms with Gasteiger partial charge in [0.15, 0.2) is 0 Å². The molecule has 3 nitrogen and oxygen atoms in total. The molecule has 0 aromatic rings. The molecule has 0 aromatic heterocycles. The SMILES string of the molecule is O=C(O)O.[K].[Zr]. The molecule has 0 bridgehead atoms. The summed E-state index contributed by atoms with van der Waals surface area (Å²) in [6.45, 7) is 0. The second kappa shape index (κ2) is 9.92. The molecule has 0 saturated carbocycles. The Hall–Kier alpha value is 1.79. The molecule has 2 N–H and O–H groups in total. The molecular formula is CH2KO3Zr. The van der Waals surface area contributed by atoms with Crippen molar-refractivity contribution in [2.45, 2.75) is 0 Å². The van der Waals surface area contributed by atoms with Gasteiger partial charge in [-0.1, -0.05) is 0 Å². The molecule has 5 heteroatoms. The van der Waals surface area contributed by atoms with E-state index in [9.17, 15) is 0 Å². The maximum absolute atomic E-state index is 8.56. The fourth-order valence-corrected chi connectivity index (χ4v) is 0. The number of carbonyl (C=O) groups is 1. The Bertz CT molecular complexity index is 33.8. The first-order chi connectivity index (χ1) is 1.73. The molecule has 1 radical (unpaired) electrons. The van der Waals surface area contributed by atoms with Crippen LogP contribution >= 0.6 is 0 Å². The summed E-state index contributed by atoms with van der Waals surface area (Å²) in [5, 5.41) is 13.9. The standard InChI is InChI=1S/CH2O3.K.Zr/c2-1(3)4;;/h(H2,2,3,4);;. The Morgan fingerprint density at radius 2 is 1.33 bits per heavy atom. The minimum Gasteiger partial charge on any atom is -0.450 e. The Morgan fingerprint density at radius 3 is 1.33 bits per heavy atom. The summed E-state index contributed by atoms with van der Waals surface area (Å²) >= 11 is 0. The van der Waals surface area contributed by atoms with Crippen LogP contribution in [0.2, 0.25) is 0 Å². The third-order valence-corrected chi connectivity index (χ3v) is 0. The van der Waals surface area contributed by atoms with Crippen LogP contribution in [-0.4, -0.2) is 67.8 Å². The number of carboxylic acid groups (broad SMARTS) is 2. The van der Waals surface area contributed by atoms with Gasteiger partial charge in [0, 0.05) is 77.6 Å². The predicted octanol–water partition coefficient (Wildman–Crippen LogP) is -0.161. The first kappa shape index (κ1) is 15.7. The largest absolute Gasteiger partial charge is 0.503 e. The van der Waals surface area contributed by atoms with Gasteiger partial charge in [-0.05, 0) is 0 Å². The third kappa shape index (κ3) is 41.5. The molecular weight excluding hydrogens is 190 g/mol. The molecule has 0 aliphatic carbocycles. The minimum absolute atomic E-state index is 0. The number of hydrogen-bond acceptors (Lipinski definition) is 1. The fraction of sp³-hybridized carbons (Fsp3) is 0. The molecule has 6 heavy (non-hydrogen) atoms. The second-order valence-corrected chi connectivity index (χ2v) is 0.283. The summed E-state index contributed by atoms with van der Waals surface area (Å²) in [6.07, 6.45) is -1.83. The molecule has 0 rings (SSSR count). The summed E-state index contributed by atoms with van der Waals surface area (Å²) in [5.41, 5.74) is 0. The van der Waals surface area contributed by atoms with E-state index in [2.05, 4.69) is 0 Å². The van der Waals surface area contributed by atoms with Gasteiger partial charge in [0.05, 0.1) is 0 Å². The fourth-order valence-electron chi connectivity index (χ4n) is 0. The maximum Gasteiger partial charge on any atom is 0.503 e. The molecule has 0 fully saturated rings. The van der Waals surface area contributed by atoms with Crippen LogP contribution in [0.1, 0.15) is 0 Å². The van der Waals surface area contributed by atoms with E-state index in [1.54, 1.807) is 0 Å². The number of rotatable bonds is 0. The van der Waals surface area contributed by atoms with Crippen molar-refractivity contribution in [3.63, 3.8) is 0 Å². The quantitative estimate of drug-likeness (QED) is 0.524. The van der Waals surface area contributed by atoms with Crippen molar-refractivity contribution < 1.29 is 41.2 Å². The van der Waals surface area contributed by atoms with E-state index < -0.39 is 6.16 Å². The van der Waals surface area contributed by atoms with E-state index in [0.717, 1.165) is 0 Å². The van der Waals surface area contributed by atoms with Crippen LogP contribution in [-0.2, 0) is 26.2 Å². The Morgan fingerprint density at radius 1 is 1.33 bits per heavy atom. The van der Waals surface area contributed by atoms with Crippen LogP contribution < -0.4 is 0 Å². The van der Waals surface area contributed by atoms with E-state index in [0.29, 0.717) is 0 Å². The molecule has 0 aliphatic heterocycles. The van der Waals surface area contributed by atoms with Crippen molar-refractivity contribution in [2.75, 3.05) is 0 Å². The van der Waals surface area contributed by atoms with Crippen molar-refractivity contribution in [1.29, 1.82) is 0 Å². The number of hydrogen-bond donors (Lipinski definition) is 2. The average Bonchev–Trinajstić information content (AvgIpc) is 0.811. The molecule has 0 unspecified atom stereocenters. The first-order valence-corrected chi connectivity index (χ1v) is 0.651. The smallest absolute Gasteiger partial charge is 0.450 e. The predicted molar refractivity (Wildman–Crippen MR) is 16.4 cm³/mol. The van der Waals surface area contributed by atoms with Gasteiger partial charge < -0.3 is 10.2 Å². The van der Waals surface area contributed by atoms with Gasteiger partial charge in [0.25, 0.3) is 0 Å². The second-order valence-electron chi connectivity index (χ2n) is 0.283. The van der Waals surface area contributed by atoms with E-state index in [1.807, 2.05) is 0 Å². The Labute approximate surface area is 96.7 Å². The van der Waals surface area contributed by atoms with Crippen molar-refractivity contribution in [2.24, 2.45) is 0 Å². The summed E-state index contributed by atoms with van der Waals surface area (Å²) in [4.78, 5) is 8.56. The summed E-state index contributed by atoms with van der Waals surface area (Å²) < 4.78 is 0. The molecule has 0 atom stereocenters. The van der Waals surface area contributed by atoms with Crippen LogP contribution in [0.4, 0.5) is 4.79 Å². The first-order valence-electron chi connectivity index (χ1n) is 0.651. The van der Waals surface area contributed by atoms with Gasteiger partial charge in [-0.3, -0.25) is 0 Å². The van der Waals surface area contributed by atoms with Gasteiger partial charge in [0.2, 0.25) is 0 Å². The third-order valence-electron chi connectivity index (χ3n) is 0. The van der Waals surface area contributed by atoms with Crippen molar-refractivity contribution in [3.8, 4) is 0 Å².